The van der Waals surface area contributed by atoms with Gasteiger partial charge in [0.1, 0.15) is 5.82 Å². The summed E-state index contributed by atoms with van der Waals surface area (Å²) in [6, 6.07) is 0. The molecular formula is C11H18N2O. The molecule has 0 unspecified atom stereocenters. The third-order valence-corrected chi connectivity index (χ3v) is 2.71. The van der Waals surface area contributed by atoms with Gasteiger partial charge in [-0.15, -0.1) is 0 Å². The summed E-state index contributed by atoms with van der Waals surface area (Å²) in [6.07, 6.45) is 5.32. The zero-order chi connectivity index (χ0) is 10.6. The van der Waals surface area contributed by atoms with Crippen molar-refractivity contribution in [1.29, 1.82) is 0 Å². The Balaban J connectivity index is 2.82. The molecule has 0 aliphatic carbocycles. The van der Waals surface area contributed by atoms with Crippen LogP contribution in [0.15, 0.2) is 12.4 Å². The molecule has 0 aliphatic heterocycles. The van der Waals surface area contributed by atoms with Crippen molar-refractivity contribution in [2.24, 2.45) is 0 Å². The van der Waals surface area contributed by atoms with Gasteiger partial charge in [0.25, 0.3) is 0 Å². The third-order valence-electron chi connectivity index (χ3n) is 2.71. The number of nitrogens with zero attached hydrogens (tertiary/aromatic N) is 2. The van der Waals surface area contributed by atoms with Crippen molar-refractivity contribution in [3.05, 3.63) is 23.8 Å². The molecule has 1 aromatic rings. The molecule has 1 rings (SSSR count). The minimum absolute atomic E-state index is 0.108. The topological polar surface area (TPSA) is 46.0 Å². The van der Waals surface area contributed by atoms with Crippen LogP contribution in [0, 0.1) is 0 Å². The molecule has 1 N–H and O–H groups in total. The molecule has 0 fully saturated rings. The zero-order valence-electron chi connectivity index (χ0n) is 9.12. The van der Waals surface area contributed by atoms with E-state index >= 15 is 0 Å². The van der Waals surface area contributed by atoms with Crippen molar-refractivity contribution in [1.82, 2.24) is 9.97 Å². The van der Waals surface area contributed by atoms with Gasteiger partial charge in [0.05, 0.1) is 6.61 Å². The van der Waals surface area contributed by atoms with Gasteiger partial charge < -0.3 is 5.11 Å². The van der Waals surface area contributed by atoms with Gasteiger partial charge in [-0.05, 0) is 17.4 Å². The molecule has 78 valence electrons. The number of hydrogen-bond donors (Lipinski definition) is 1. The molecule has 0 bridgehead atoms. The first kappa shape index (κ1) is 11.1. The predicted octanol–water partition coefficient (Wildman–Crippen LogP) is 1.70. The summed E-state index contributed by atoms with van der Waals surface area (Å²) in [7, 11) is 0. The SMILES string of the molecule is CCC(C)(C)c1cnc(CCO)nc1. The highest BCUT2D eigenvalue weighted by atomic mass is 16.3. The minimum Gasteiger partial charge on any atom is -0.396 e. The fourth-order valence-electron chi connectivity index (χ4n) is 1.14. The lowest BCUT2D eigenvalue weighted by molar-refractivity contribution is 0.296. The van der Waals surface area contributed by atoms with Gasteiger partial charge in [0, 0.05) is 18.8 Å². The van der Waals surface area contributed by atoms with Gasteiger partial charge in [0.15, 0.2) is 0 Å². The van der Waals surface area contributed by atoms with E-state index in [0.29, 0.717) is 12.2 Å². The largest absolute Gasteiger partial charge is 0.396 e. The van der Waals surface area contributed by atoms with Crippen molar-refractivity contribution in [3.8, 4) is 0 Å². The highest BCUT2D eigenvalue weighted by Gasteiger charge is 2.18. The predicted molar refractivity (Wildman–Crippen MR) is 56.1 cm³/mol. The number of aliphatic hydroxyl groups excluding tert-OH is 1. The second kappa shape index (κ2) is 4.51. The number of hydrogen-bond acceptors (Lipinski definition) is 3. The summed E-state index contributed by atoms with van der Waals surface area (Å²) in [6.45, 7) is 6.62. The monoisotopic (exact) mass is 194 g/mol. The Morgan fingerprint density at radius 2 is 1.86 bits per heavy atom. The van der Waals surface area contributed by atoms with Crippen LogP contribution in [0.5, 0.6) is 0 Å². The molecule has 0 saturated heterocycles. The van der Waals surface area contributed by atoms with E-state index in [1.54, 1.807) is 0 Å². The molecule has 0 radical (unpaired) electrons. The Hall–Kier alpha value is -0.960. The molecule has 3 heteroatoms. The first-order valence-corrected chi connectivity index (χ1v) is 5.02. The second-order valence-electron chi connectivity index (χ2n) is 4.10. The van der Waals surface area contributed by atoms with Crippen LogP contribution in [0.2, 0.25) is 0 Å². The smallest absolute Gasteiger partial charge is 0.130 e. The Morgan fingerprint density at radius 1 is 1.29 bits per heavy atom. The quantitative estimate of drug-likeness (QED) is 0.793. The van der Waals surface area contributed by atoms with Crippen LogP contribution >= 0.6 is 0 Å². The number of rotatable bonds is 4. The molecule has 0 amide bonds. The molecule has 14 heavy (non-hydrogen) atoms. The average molecular weight is 194 g/mol. The molecular weight excluding hydrogens is 176 g/mol. The van der Waals surface area contributed by atoms with E-state index in [1.165, 1.54) is 0 Å². The lowest BCUT2D eigenvalue weighted by Crippen LogP contribution is -2.16. The first-order valence-electron chi connectivity index (χ1n) is 5.02. The van der Waals surface area contributed by atoms with Crippen LogP contribution < -0.4 is 0 Å². The molecule has 1 aromatic heterocycles. The lowest BCUT2D eigenvalue weighted by Gasteiger charge is -2.22. The second-order valence-corrected chi connectivity index (χ2v) is 4.10. The standard InChI is InChI=1S/C11H18N2O/c1-4-11(2,3)9-7-12-10(5-6-14)13-8-9/h7-8,14H,4-6H2,1-3H3. The van der Waals surface area contributed by atoms with Crippen molar-refractivity contribution < 1.29 is 5.11 Å². The summed E-state index contributed by atoms with van der Waals surface area (Å²) in [5.74, 6) is 0.711. The van der Waals surface area contributed by atoms with Crippen LogP contribution in [-0.4, -0.2) is 21.7 Å². The number of aromatic nitrogens is 2. The van der Waals surface area contributed by atoms with Gasteiger partial charge in [0.2, 0.25) is 0 Å². The fourth-order valence-corrected chi connectivity index (χ4v) is 1.14. The third kappa shape index (κ3) is 2.51. The Bertz CT molecular complexity index is 280. The number of aliphatic hydroxyl groups is 1. The Labute approximate surface area is 85.2 Å². The van der Waals surface area contributed by atoms with Crippen LogP contribution in [0.1, 0.15) is 38.6 Å². The molecule has 0 spiro atoms. The van der Waals surface area contributed by atoms with Crippen LogP contribution in [0.3, 0.4) is 0 Å². The van der Waals surface area contributed by atoms with Crippen molar-refractivity contribution in [2.75, 3.05) is 6.61 Å². The van der Waals surface area contributed by atoms with Gasteiger partial charge in [-0.1, -0.05) is 20.8 Å². The van der Waals surface area contributed by atoms with Crippen LogP contribution in [-0.2, 0) is 11.8 Å². The van der Waals surface area contributed by atoms with E-state index in [-0.39, 0.29) is 12.0 Å². The molecule has 1 heterocycles. The maximum Gasteiger partial charge on any atom is 0.130 e. The van der Waals surface area contributed by atoms with E-state index in [0.717, 1.165) is 12.0 Å². The summed E-state index contributed by atoms with van der Waals surface area (Å²) in [5, 5.41) is 8.72. The Morgan fingerprint density at radius 3 is 2.29 bits per heavy atom. The van der Waals surface area contributed by atoms with Crippen molar-refractivity contribution in [2.45, 2.75) is 39.0 Å². The first-order chi connectivity index (χ1) is 6.60. The molecule has 0 atom stereocenters. The zero-order valence-corrected chi connectivity index (χ0v) is 9.12. The molecule has 3 nitrogen and oxygen atoms in total. The lowest BCUT2D eigenvalue weighted by atomic mass is 9.84. The summed E-state index contributed by atoms with van der Waals surface area (Å²) in [4.78, 5) is 8.42. The Kier molecular flexibility index (Phi) is 3.58. The summed E-state index contributed by atoms with van der Waals surface area (Å²) >= 11 is 0. The minimum atomic E-state index is 0.108. The maximum atomic E-state index is 8.72. The average Bonchev–Trinajstić information content (AvgIpc) is 2.19. The van der Waals surface area contributed by atoms with E-state index in [2.05, 4.69) is 30.7 Å². The van der Waals surface area contributed by atoms with Gasteiger partial charge in [-0.2, -0.15) is 0 Å². The van der Waals surface area contributed by atoms with Crippen molar-refractivity contribution >= 4 is 0 Å². The highest BCUT2D eigenvalue weighted by Crippen LogP contribution is 2.24. The van der Waals surface area contributed by atoms with E-state index in [4.69, 9.17) is 5.11 Å². The van der Waals surface area contributed by atoms with Gasteiger partial charge in [-0.25, -0.2) is 9.97 Å². The summed E-state index contributed by atoms with van der Waals surface area (Å²) < 4.78 is 0. The molecule has 0 saturated carbocycles. The fraction of sp³-hybridized carbons (Fsp3) is 0.636. The van der Waals surface area contributed by atoms with Crippen molar-refractivity contribution in [3.63, 3.8) is 0 Å². The maximum absolute atomic E-state index is 8.72. The molecule has 0 aromatic carbocycles. The van der Waals surface area contributed by atoms with E-state index in [1.807, 2.05) is 12.4 Å². The van der Waals surface area contributed by atoms with Gasteiger partial charge >= 0.3 is 0 Å². The van der Waals surface area contributed by atoms with E-state index in [9.17, 15) is 0 Å². The molecule has 0 aliphatic rings. The summed E-state index contributed by atoms with van der Waals surface area (Å²) in [5.41, 5.74) is 1.29. The normalized spacial score (nSPS) is 11.7. The van der Waals surface area contributed by atoms with Crippen LogP contribution in [0.4, 0.5) is 0 Å². The van der Waals surface area contributed by atoms with Crippen LogP contribution in [0.25, 0.3) is 0 Å². The van der Waals surface area contributed by atoms with E-state index < -0.39 is 0 Å². The van der Waals surface area contributed by atoms with Gasteiger partial charge in [-0.3, -0.25) is 0 Å². The highest BCUT2D eigenvalue weighted by molar-refractivity contribution is 5.16.